The molecule has 0 radical (unpaired) electrons. The van der Waals surface area contributed by atoms with Crippen LogP contribution < -0.4 is 4.74 Å². The van der Waals surface area contributed by atoms with Crippen LogP contribution in [0.2, 0.25) is 0 Å². The van der Waals surface area contributed by atoms with E-state index in [0.29, 0.717) is 5.75 Å². The quantitative estimate of drug-likeness (QED) is 0.178. The van der Waals surface area contributed by atoms with Gasteiger partial charge in [0.15, 0.2) is 4.90 Å². The molecule has 1 atom stereocenters. The van der Waals surface area contributed by atoms with E-state index in [1.54, 1.807) is 0 Å². The summed E-state index contributed by atoms with van der Waals surface area (Å²) in [5.74, 6) is 1.36. The molecule has 0 bridgehead atoms. The first-order chi connectivity index (χ1) is 11.6. The first kappa shape index (κ1) is 22.7. The Morgan fingerprint density at radius 3 is 1.81 bits per heavy atom. The Hall–Kier alpha value is -1.34. The van der Waals surface area contributed by atoms with Gasteiger partial charge < -0.3 is 4.74 Å². The van der Waals surface area contributed by atoms with Crippen molar-refractivity contribution >= 4 is 36.3 Å². The first-order valence-corrected chi connectivity index (χ1v) is 14.7. The van der Waals surface area contributed by atoms with Gasteiger partial charge in [0.25, 0.3) is 0 Å². The first-order valence-electron chi connectivity index (χ1n) is 7.11. The molecule has 1 unspecified atom stereocenters. The predicted octanol–water partition coefficient (Wildman–Crippen LogP) is 5.56. The van der Waals surface area contributed by atoms with Crippen molar-refractivity contribution in [3.05, 3.63) is 60.2 Å². The van der Waals surface area contributed by atoms with Gasteiger partial charge in [-0.05, 0) is 24.3 Å². The summed E-state index contributed by atoms with van der Waals surface area (Å²) in [7, 11) is 0.154. The van der Waals surface area contributed by atoms with Gasteiger partial charge in [-0.15, -0.1) is 0 Å². The molecular formula is C16H17F6O2SSb. The van der Waals surface area contributed by atoms with Crippen molar-refractivity contribution in [3.8, 4) is 5.75 Å². The van der Waals surface area contributed by atoms with E-state index in [1.165, 1.54) is 17.4 Å². The molecular weight excluding hydrogens is 492 g/mol. The maximum atomic E-state index is 10.9. The molecule has 0 amide bonds. The standard InChI is InChI=1S/C16H17O2S.6FH.Sb/c1-13(17)18-15-8-10-16(11-9-15)19(2)12-14-6-4-3-5-7-14;;;;;;;/h3-11H,12H2,1-2H3;6*1H;/q+1;;;;;;;+5/p-6. The van der Waals surface area contributed by atoms with Crippen LogP contribution in [0.4, 0.5) is 16.9 Å². The molecule has 0 heterocycles. The fourth-order valence-electron chi connectivity index (χ4n) is 1.81. The van der Waals surface area contributed by atoms with Gasteiger partial charge >= 0.3 is 42.3 Å². The van der Waals surface area contributed by atoms with E-state index >= 15 is 0 Å². The third kappa shape index (κ3) is 12.9. The summed E-state index contributed by atoms with van der Waals surface area (Å²) < 4.78 is 64.6. The zero-order valence-electron chi connectivity index (χ0n) is 13.8. The number of esters is 1. The number of benzene rings is 2. The Morgan fingerprint density at radius 2 is 1.38 bits per heavy atom. The molecule has 2 aromatic rings. The number of hydrogen-bond acceptors (Lipinski definition) is 2. The van der Waals surface area contributed by atoms with E-state index in [4.69, 9.17) is 4.74 Å². The summed E-state index contributed by atoms with van der Waals surface area (Å²) in [4.78, 5) is 12.1. The van der Waals surface area contributed by atoms with E-state index in [2.05, 4.69) is 30.5 Å². The van der Waals surface area contributed by atoms with Crippen molar-refractivity contribution in [2.75, 3.05) is 6.26 Å². The summed E-state index contributed by atoms with van der Waals surface area (Å²) in [6.07, 6.45) is 2.23. The normalized spacial score (nSPS) is 14.9. The number of ether oxygens (including phenoxy) is 1. The Kier molecular flexibility index (Phi) is 6.74. The molecule has 26 heavy (non-hydrogen) atoms. The van der Waals surface area contributed by atoms with Crippen LogP contribution in [0, 0.1) is 0 Å². The zero-order chi connectivity index (χ0) is 20.1. The summed E-state index contributed by atoms with van der Waals surface area (Å²) in [5.41, 5.74) is 1.34. The van der Waals surface area contributed by atoms with Crippen LogP contribution in [0.3, 0.4) is 0 Å². The van der Waals surface area contributed by atoms with Gasteiger partial charge in [-0.1, -0.05) is 30.3 Å². The van der Waals surface area contributed by atoms with Gasteiger partial charge in [-0.2, -0.15) is 0 Å². The van der Waals surface area contributed by atoms with Gasteiger partial charge in [0.2, 0.25) is 0 Å². The summed E-state index contributed by atoms with van der Waals surface area (Å²) in [5, 5.41) is 0. The van der Waals surface area contributed by atoms with Crippen LogP contribution in [0.5, 0.6) is 5.75 Å². The molecule has 0 aliphatic heterocycles. The van der Waals surface area contributed by atoms with Crippen molar-refractivity contribution < 1.29 is 26.4 Å². The van der Waals surface area contributed by atoms with Crippen molar-refractivity contribution in [2.24, 2.45) is 0 Å². The minimum atomic E-state index is -11.2. The fourth-order valence-corrected chi connectivity index (χ4v) is 3.27. The van der Waals surface area contributed by atoms with E-state index in [-0.39, 0.29) is 16.9 Å². The molecule has 0 spiro atoms. The number of halogens is 6. The zero-order valence-corrected chi connectivity index (χ0v) is 17.2. The van der Waals surface area contributed by atoms with Crippen molar-refractivity contribution in [1.29, 1.82) is 0 Å². The topological polar surface area (TPSA) is 26.3 Å². The third-order valence-corrected chi connectivity index (χ3v) is 4.56. The van der Waals surface area contributed by atoms with Gasteiger partial charge in [-0.25, -0.2) is 0 Å². The van der Waals surface area contributed by atoms with Crippen molar-refractivity contribution in [2.45, 2.75) is 17.6 Å². The monoisotopic (exact) mass is 508 g/mol. The third-order valence-electron chi connectivity index (χ3n) is 2.71. The average molecular weight is 509 g/mol. The summed E-state index contributed by atoms with van der Waals surface area (Å²) >= 11 is -11.2. The second-order valence-electron chi connectivity index (χ2n) is 5.29. The van der Waals surface area contributed by atoms with Crippen LogP contribution in [0.15, 0.2) is 59.5 Å². The van der Waals surface area contributed by atoms with Crippen molar-refractivity contribution in [1.82, 2.24) is 0 Å². The average Bonchev–Trinajstić information content (AvgIpc) is 2.45. The molecule has 0 saturated heterocycles. The number of carbonyl (C=O) groups is 1. The van der Waals surface area contributed by atoms with Crippen LogP contribution >= 0.6 is 0 Å². The van der Waals surface area contributed by atoms with Gasteiger partial charge in [0.05, 0.1) is 0 Å². The van der Waals surface area contributed by atoms with Gasteiger partial charge in [0, 0.05) is 23.4 Å². The van der Waals surface area contributed by atoms with Crippen LogP contribution in [0.1, 0.15) is 12.5 Å². The molecule has 0 fully saturated rings. The molecule has 2 aromatic carbocycles. The predicted molar refractivity (Wildman–Crippen MR) is 91.9 cm³/mol. The van der Waals surface area contributed by atoms with E-state index in [1.807, 2.05) is 30.3 Å². The van der Waals surface area contributed by atoms with E-state index in [9.17, 15) is 21.7 Å². The second-order valence-corrected chi connectivity index (χ2v) is 12.8. The number of hydrogen-bond donors (Lipinski definition) is 0. The van der Waals surface area contributed by atoms with Crippen LogP contribution in [0.25, 0.3) is 0 Å². The molecule has 146 valence electrons. The van der Waals surface area contributed by atoms with Crippen molar-refractivity contribution in [3.63, 3.8) is 0 Å². The summed E-state index contributed by atoms with van der Waals surface area (Å²) in [6, 6.07) is 18.2. The van der Waals surface area contributed by atoms with E-state index in [0.717, 1.165) is 5.75 Å². The van der Waals surface area contributed by atoms with Gasteiger partial charge in [0.1, 0.15) is 17.8 Å². The number of carbonyl (C=O) groups excluding carboxylic acids is 1. The Labute approximate surface area is 152 Å². The van der Waals surface area contributed by atoms with E-state index < -0.39 is 19.5 Å². The molecule has 10 heteroatoms. The second kappa shape index (κ2) is 7.72. The maximum absolute atomic E-state index is 11.2. The minimum absolute atomic E-state index is 0.154. The molecule has 0 aliphatic rings. The molecule has 0 aromatic heterocycles. The SMILES string of the molecule is CC(=O)Oc1ccc([S+](C)Cc2ccccc2)cc1.[F][Sb-]([F])([F])([F])([F])[F]. The summed E-state index contributed by atoms with van der Waals surface area (Å²) in [6.45, 7) is 1.41. The van der Waals surface area contributed by atoms with Crippen LogP contribution in [-0.2, 0) is 21.4 Å². The Balaban J connectivity index is 0.000000412. The number of rotatable bonds is 4. The molecule has 2 rings (SSSR count). The Bertz CT molecular complexity index is 721. The molecule has 0 N–H and O–H groups in total. The van der Waals surface area contributed by atoms with Gasteiger partial charge in [-0.3, -0.25) is 4.79 Å². The molecule has 2 nitrogen and oxygen atoms in total. The molecule has 0 aliphatic carbocycles. The molecule has 0 saturated carbocycles. The fraction of sp³-hybridized carbons (Fsp3) is 0.188. The van der Waals surface area contributed by atoms with Crippen LogP contribution in [-0.4, -0.2) is 31.7 Å². The Morgan fingerprint density at radius 1 is 0.923 bits per heavy atom.